The van der Waals surface area contributed by atoms with E-state index in [0.29, 0.717) is 23.7 Å². The Labute approximate surface area is 153 Å². The molecule has 8 heteroatoms. The van der Waals surface area contributed by atoms with Crippen LogP contribution in [0.5, 0.6) is 23.0 Å². The van der Waals surface area contributed by atoms with Crippen LogP contribution in [0.15, 0.2) is 41.3 Å². The van der Waals surface area contributed by atoms with Crippen molar-refractivity contribution in [1.82, 2.24) is 4.72 Å². The normalized spacial score (nSPS) is 11.1. The molecular formula is C18H23NO6S. The average Bonchev–Trinajstić information content (AvgIpc) is 2.66. The number of sulfonamides is 1. The van der Waals surface area contributed by atoms with Crippen molar-refractivity contribution in [2.75, 3.05) is 35.0 Å². The van der Waals surface area contributed by atoms with Gasteiger partial charge < -0.3 is 18.9 Å². The highest BCUT2D eigenvalue weighted by Gasteiger charge is 2.19. The zero-order valence-corrected chi connectivity index (χ0v) is 16.1. The molecule has 0 aliphatic rings. The lowest BCUT2D eigenvalue weighted by Crippen LogP contribution is -2.26. The summed E-state index contributed by atoms with van der Waals surface area (Å²) in [5, 5.41) is 0. The molecule has 0 aromatic heterocycles. The van der Waals surface area contributed by atoms with Crippen molar-refractivity contribution in [2.24, 2.45) is 0 Å². The van der Waals surface area contributed by atoms with Gasteiger partial charge in [0.25, 0.3) is 0 Å². The molecule has 0 bridgehead atoms. The standard InChI is InChI=1S/C18H23NO6S/c1-22-14-6-8-18(17(12-14)25-4)26(20,21)19-10-9-13-5-7-15(23-2)16(11-13)24-3/h5-8,11-12,19H,9-10H2,1-4H3. The van der Waals surface area contributed by atoms with Crippen LogP contribution in [0.25, 0.3) is 0 Å². The van der Waals surface area contributed by atoms with Crippen molar-refractivity contribution in [3.8, 4) is 23.0 Å². The van der Waals surface area contributed by atoms with Gasteiger partial charge >= 0.3 is 0 Å². The molecule has 0 fully saturated rings. The molecule has 0 saturated heterocycles. The van der Waals surface area contributed by atoms with Crippen molar-refractivity contribution in [2.45, 2.75) is 11.3 Å². The predicted molar refractivity (Wildman–Crippen MR) is 98.0 cm³/mol. The maximum absolute atomic E-state index is 12.5. The van der Waals surface area contributed by atoms with E-state index in [1.54, 1.807) is 26.4 Å². The number of methoxy groups -OCH3 is 4. The van der Waals surface area contributed by atoms with E-state index in [1.807, 2.05) is 12.1 Å². The maximum Gasteiger partial charge on any atom is 0.244 e. The van der Waals surface area contributed by atoms with Crippen LogP contribution in [-0.2, 0) is 16.4 Å². The van der Waals surface area contributed by atoms with Gasteiger partial charge in [0.1, 0.15) is 16.4 Å². The van der Waals surface area contributed by atoms with Crippen LogP contribution in [-0.4, -0.2) is 43.4 Å². The van der Waals surface area contributed by atoms with Crippen molar-refractivity contribution >= 4 is 10.0 Å². The topological polar surface area (TPSA) is 83.1 Å². The van der Waals surface area contributed by atoms with E-state index in [9.17, 15) is 8.42 Å². The second-order valence-electron chi connectivity index (χ2n) is 5.35. The van der Waals surface area contributed by atoms with E-state index in [0.717, 1.165) is 5.56 Å². The van der Waals surface area contributed by atoms with Gasteiger partial charge in [-0.1, -0.05) is 6.07 Å². The highest BCUT2D eigenvalue weighted by molar-refractivity contribution is 7.89. The van der Waals surface area contributed by atoms with Gasteiger partial charge in [0.05, 0.1) is 28.4 Å². The number of hydrogen-bond acceptors (Lipinski definition) is 6. The molecule has 0 heterocycles. The van der Waals surface area contributed by atoms with Gasteiger partial charge in [-0.15, -0.1) is 0 Å². The van der Waals surface area contributed by atoms with Gasteiger partial charge in [-0.05, 0) is 36.2 Å². The lowest BCUT2D eigenvalue weighted by atomic mass is 10.1. The second-order valence-corrected chi connectivity index (χ2v) is 7.09. The molecule has 0 aliphatic carbocycles. The van der Waals surface area contributed by atoms with Gasteiger partial charge in [0.2, 0.25) is 10.0 Å². The summed E-state index contributed by atoms with van der Waals surface area (Å²) in [4.78, 5) is 0.0631. The molecule has 26 heavy (non-hydrogen) atoms. The Bertz CT molecular complexity index is 851. The summed E-state index contributed by atoms with van der Waals surface area (Å²) in [5.74, 6) is 1.97. The van der Waals surface area contributed by atoms with Crippen molar-refractivity contribution < 1.29 is 27.4 Å². The molecule has 142 valence electrons. The van der Waals surface area contributed by atoms with Gasteiger partial charge in [0.15, 0.2) is 11.5 Å². The summed E-state index contributed by atoms with van der Waals surface area (Å²) >= 11 is 0. The Hall–Kier alpha value is -2.45. The Balaban J connectivity index is 2.09. The van der Waals surface area contributed by atoms with E-state index < -0.39 is 10.0 Å². The number of ether oxygens (including phenoxy) is 4. The van der Waals surface area contributed by atoms with Crippen LogP contribution in [0, 0.1) is 0 Å². The van der Waals surface area contributed by atoms with Crippen LogP contribution in [0.3, 0.4) is 0 Å². The zero-order chi connectivity index (χ0) is 19.2. The molecule has 0 spiro atoms. The summed E-state index contributed by atoms with van der Waals surface area (Å²) in [5.41, 5.74) is 0.923. The van der Waals surface area contributed by atoms with Crippen molar-refractivity contribution in [3.63, 3.8) is 0 Å². The number of benzene rings is 2. The monoisotopic (exact) mass is 381 g/mol. The average molecular weight is 381 g/mol. The van der Waals surface area contributed by atoms with Gasteiger partial charge in [-0.25, -0.2) is 13.1 Å². The third kappa shape index (κ3) is 4.59. The molecule has 0 atom stereocenters. The highest BCUT2D eigenvalue weighted by atomic mass is 32.2. The van der Waals surface area contributed by atoms with Crippen LogP contribution >= 0.6 is 0 Å². The first-order chi connectivity index (χ1) is 12.4. The van der Waals surface area contributed by atoms with E-state index >= 15 is 0 Å². The Morgan fingerprint density at radius 3 is 2.12 bits per heavy atom. The molecule has 2 rings (SSSR count). The molecule has 2 aromatic carbocycles. The molecule has 1 N–H and O–H groups in total. The van der Waals surface area contributed by atoms with Gasteiger partial charge in [0, 0.05) is 12.6 Å². The summed E-state index contributed by atoms with van der Waals surface area (Å²) in [6.07, 6.45) is 0.498. The lowest BCUT2D eigenvalue weighted by Gasteiger charge is -2.13. The smallest absolute Gasteiger partial charge is 0.244 e. The van der Waals surface area contributed by atoms with E-state index in [1.165, 1.54) is 26.4 Å². The van der Waals surface area contributed by atoms with Gasteiger partial charge in [-0.3, -0.25) is 0 Å². The first-order valence-electron chi connectivity index (χ1n) is 7.87. The SMILES string of the molecule is COc1ccc(S(=O)(=O)NCCc2ccc(OC)c(OC)c2)c(OC)c1. The van der Waals surface area contributed by atoms with E-state index in [4.69, 9.17) is 18.9 Å². The van der Waals surface area contributed by atoms with Crippen molar-refractivity contribution in [1.29, 1.82) is 0 Å². The fourth-order valence-electron chi connectivity index (χ4n) is 2.44. The van der Waals surface area contributed by atoms with Crippen LogP contribution in [0.4, 0.5) is 0 Å². The first-order valence-corrected chi connectivity index (χ1v) is 9.36. The van der Waals surface area contributed by atoms with Crippen LogP contribution in [0.1, 0.15) is 5.56 Å². The first kappa shape index (κ1) is 19.9. The maximum atomic E-state index is 12.5. The quantitative estimate of drug-likeness (QED) is 0.717. The minimum atomic E-state index is -3.71. The fourth-order valence-corrected chi connectivity index (χ4v) is 3.62. The largest absolute Gasteiger partial charge is 0.497 e. The molecular weight excluding hydrogens is 358 g/mol. The Morgan fingerprint density at radius 2 is 1.50 bits per heavy atom. The van der Waals surface area contributed by atoms with E-state index in [2.05, 4.69) is 4.72 Å². The zero-order valence-electron chi connectivity index (χ0n) is 15.2. The minimum absolute atomic E-state index is 0.0631. The van der Waals surface area contributed by atoms with Gasteiger partial charge in [-0.2, -0.15) is 0 Å². The highest BCUT2D eigenvalue weighted by Crippen LogP contribution is 2.29. The number of hydrogen-bond donors (Lipinski definition) is 1. The van der Waals surface area contributed by atoms with Crippen LogP contribution in [0.2, 0.25) is 0 Å². The molecule has 2 aromatic rings. The molecule has 0 unspecified atom stereocenters. The number of rotatable bonds is 9. The van der Waals surface area contributed by atoms with Crippen molar-refractivity contribution in [3.05, 3.63) is 42.0 Å². The summed E-state index contributed by atoms with van der Waals surface area (Å²) in [7, 11) is 2.32. The molecule has 0 saturated carbocycles. The third-order valence-corrected chi connectivity index (χ3v) is 5.31. The van der Waals surface area contributed by atoms with Crippen LogP contribution < -0.4 is 23.7 Å². The summed E-state index contributed by atoms with van der Waals surface area (Å²) in [6, 6.07) is 10.0. The Kier molecular flexibility index (Phi) is 6.70. The minimum Gasteiger partial charge on any atom is -0.497 e. The lowest BCUT2D eigenvalue weighted by molar-refractivity contribution is 0.354. The van der Waals surface area contributed by atoms with E-state index in [-0.39, 0.29) is 17.2 Å². The Morgan fingerprint density at radius 1 is 0.808 bits per heavy atom. The summed E-state index contributed by atoms with van der Waals surface area (Å²) in [6.45, 7) is 0.229. The summed E-state index contributed by atoms with van der Waals surface area (Å²) < 4.78 is 48.4. The fraction of sp³-hybridized carbons (Fsp3) is 0.333. The second kappa shape index (κ2) is 8.77. The predicted octanol–water partition coefficient (Wildman–Crippen LogP) is 2.24. The molecule has 0 amide bonds. The molecule has 0 aliphatic heterocycles. The number of nitrogens with one attached hydrogen (secondary N) is 1. The third-order valence-electron chi connectivity index (χ3n) is 3.81. The molecule has 0 radical (unpaired) electrons. The molecule has 7 nitrogen and oxygen atoms in total.